The molecule has 0 fully saturated rings. The normalized spacial score (nSPS) is 9.36. The molecule has 2 rings (SSSR count). The molecule has 1 aromatic heterocycles. The summed E-state index contributed by atoms with van der Waals surface area (Å²) in [5, 5.41) is 1.75. The number of rotatable bonds is 0. The summed E-state index contributed by atoms with van der Waals surface area (Å²) in [6.45, 7) is 5.88. The van der Waals surface area contributed by atoms with Crippen LogP contribution >= 0.6 is 0 Å². The maximum absolute atomic E-state index is 11.3. The fraction of sp³-hybridized carbons (Fsp3) is 0.250. The van der Waals surface area contributed by atoms with Crippen molar-refractivity contribution in [1.29, 1.82) is 0 Å². The van der Waals surface area contributed by atoms with Crippen molar-refractivity contribution in [3.8, 4) is 0 Å². The summed E-state index contributed by atoms with van der Waals surface area (Å²) < 4.78 is 0. The second-order valence-corrected chi connectivity index (χ2v) is 2.87. The lowest BCUT2D eigenvalue weighted by atomic mass is 10.1. The molecule has 2 nitrogen and oxygen atoms in total. The van der Waals surface area contributed by atoms with Gasteiger partial charge in [-0.1, -0.05) is 32.0 Å². The Labute approximate surface area is 83.6 Å². The van der Waals surface area contributed by atoms with Gasteiger partial charge in [-0.3, -0.25) is 4.79 Å². The first-order valence-electron chi connectivity index (χ1n) is 4.86. The van der Waals surface area contributed by atoms with Crippen molar-refractivity contribution in [2.75, 3.05) is 0 Å². The van der Waals surface area contributed by atoms with Crippen molar-refractivity contribution in [2.24, 2.45) is 0 Å². The highest BCUT2D eigenvalue weighted by Crippen LogP contribution is 2.08. The molecule has 2 heteroatoms. The van der Waals surface area contributed by atoms with Crippen LogP contribution in [0.4, 0.5) is 0 Å². The third-order valence-corrected chi connectivity index (χ3v) is 1.89. The molecule has 0 saturated carbocycles. The zero-order chi connectivity index (χ0) is 10.6. The molecule has 0 spiro atoms. The fourth-order valence-electron chi connectivity index (χ4n) is 1.35. The van der Waals surface area contributed by atoms with E-state index in [0.29, 0.717) is 0 Å². The van der Waals surface area contributed by atoms with Crippen molar-refractivity contribution >= 4 is 10.8 Å². The number of hydrogen-bond donors (Lipinski definition) is 1. The lowest BCUT2D eigenvalue weighted by Gasteiger charge is -1.96. The van der Waals surface area contributed by atoms with E-state index in [1.807, 2.05) is 51.1 Å². The van der Waals surface area contributed by atoms with Crippen LogP contribution in [0.25, 0.3) is 10.8 Å². The van der Waals surface area contributed by atoms with Gasteiger partial charge in [0.2, 0.25) is 0 Å². The number of benzene rings is 1. The number of pyridine rings is 1. The maximum atomic E-state index is 11.3. The first-order valence-corrected chi connectivity index (χ1v) is 4.86. The van der Waals surface area contributed by atoms with E-state index in [0.717, 1.165) is 16.5 Å². The van der Waals surface area contributed by atoms with Crippen molar-refractivity contribution in [2.45, 2.75) is 20.8 Å². The molecule has 0 aliphatic heterocycles. The Morgan fingerprint density at radius 2 is 1.79 bits per heavy atom. The quantitative estimate of drug-likeness (QED) is 0.679. The van der Waals surface area contributed by atoms with E-state index in [4.69, 9.17) is 0 Å². The highest BCUT2D eigenvalue weighted by Gasteiger charge is 1.96. The second kappa shape index (κ2) is 4.61. The molecule has 1 aromatic carbocycles. The van der Waals surface area contributed by atoms with Crippen LogP contribution in [0.15, 0.2) is 35.1 Å². The standard InChI is InChI=1S/C10H9NO.C2H6/c1-7-6-8-4-2-3-5-9(8)10(12)11-7;1-2/h2-6H,1H3,(H,11,12);1-2H3. The molecule has 0 radical (unpaired) electrons. The van der Waals surface area contributed by atoms with Crippen LogP contribution in [0.3, 0.4) is 0 Å². The summed E-state index contributed by atoms with van der Waals surface area (Å²) in [6.07, 6.45) is 0. The van der Waals surface area contributed by atoms with Crippen molar-refractivity contribution < 1.29 is 0 Å². The van der Waals surface area contributed by atoms with Gasteiger partial charge in [0.25, 0.3) is 5.56 Å². The first kappa shape index (κ1) is 10.5. The Morgan fingerprint density at radius 1 is 1.14 bits per heavy atom. The number of aromatic nitrogens is 1. The van der Waals surface area contributed by atoms with Gasteiger partial charge in [0.1, 0.15) is 0 Å². The smallest absolute Gasteiger partial charge is 0.256 e. The monoisotopic (exact) mass is 189 g/mol. The fourth-order valence-corrected chi connectivity index (χ4v) is 1.35. The highest BCUT2D eigenvalue weighted by molar-refractivity contribution is 5.81. The summed E-state index contributed by atoms with van der Waals surface area (Å²) in [4.78, 5) is 14.1. The molecule has 1 heterocycles. The highest BCUT2D eigenvalue weighted by atomic mass is 16.1. The topological polar surface area (TPSA) is 32.9 Å². The Bertz CT molecular complexity index is 471. The molecule has 0 bridgehead atoms. The number of H-pyrrole nitrogens is 1. The lowest BCUT2D eigenvalue weighted by molar-refractivity contribution is 1.17. The van der Waals surface area contributed by atoms with Gasteiger partial charge in [-0.05, 0) is 24.4 Å². The number of nitrogens with one attached hydrogen (secondary N) is 1. The van der Waals surface area contributed by atoms with Crippen LogP contribution < -0.4 is 5.56 Å². The lowest BCUT2D eigenvalue weighted by Crippen LogP contribution is -2.06. The maximum Gasteiger partial charge on any atom is 0.256 e. The zero-order valence-corrected chi connectivity index (χ0v) is 8.79. The largest absolute Gasteiger partial charge is 0.326 e. The molecule has 2 aromatic rings. The van der Waals surface area contributed by atoms with E-state index in [1.54, 1.807) is 0 Å². The van der Waals surface area contributed by atoms with E-state index < -0.39 is 0 Å². The van der Waals surface area contributed by atoms with Crippen LogP contribution in [0.2, 0.25) is 0 Å². The minimum absolute atomic E-state index is 0.00870. The predicted molar refractivity (Wildman–Crippen MR) is 60.7 cm³/mol. The number of aryl methyl sites for hydroxylation is 1. The average Bonchev–Trinajstić information content (AvgIpc) is 2.20. The summed E-state index contributed by atoms with van der Waals surface area (Å²) >= 11 is 0. The third-order valence-electron chi connectivity index (χ3n) is 1.89. The van der Waals surface area contributed by atoms with Crippen molar-refractivity contribution in [3.63, 3.8) is 0 Å². The van der Waals surface area contributed by atoms with E-state index in [2.05, 4.69) is 4.98 Å². The third kappa shape index (κ3) is 2.02. The number of hydrogen-bond acceptors (Lipinski definition) is 1. The Kier molecular flexibility index (Phi) is 3.46. The van der Waals surface area contributed by atoms with Gasteiger partial charge in [-0.2, -0.15) is 0 Å². The summed E-state index contributed by atoms with van der Waals surface area (Å²) in [7, 11) is 0. The van der Waals surface area contributed by atoms with Crippen molar-refractivity contribution in [1.82, 2.24) is 4.98 Å². The predicted octanol–water partition coefficient (Wildman–Crippen LogP) is 2.86. The minimum atomic E-state index is -0.00870. The average molecular weight is 189 g/mol. The molecule has 14 heavy (non-hydrogen) atoms. The Balaban J connectivity index is 0.000000461. The van der Waals surface area contributed by atoms with Gasteiger partial charge in [0.15, 0.2) is 0 Å². The van der Waals surface area contributed by atoms with Gasteiger partial charge in [-0.25, -0.2) is 0 Å². The molecule has 0 aliphatic rings. The summed E-state index contributed by atoms with van der Waals surface area (Å²) in [5.41, 5.74) is 0.893. The van der Waals surface area contributed by atoms with Gasteiger partial charge >= 0.3 is 0 Å². The molecule has 0 aliphatic carbocycles. The van der Waals surface area contributed by atoms with Gasteiger partial charge in [-0.15, -0.1) is 0 Å². The molecule has 0 unspecified atom stereocenters. The van der Waals surface area contributed by atoms with E-state index in [9.17, 15) is 4.79 Å². The summed E-state index contributed by atoms with van der Waals surface area (Å²) in [5.74, 6) is 0. The summed E-state index contributed by atoms with van der Waals surface area (Å²) in [6, 6.07) is 9.54. The van der Waals surface area contributed by atoms with Crippen LogP contribution in [0.1, 0.15) is 19.5 Å². The van der Waals surface area contributed by atoms with Crippen LogP contribution in [-0.2, 0) is 0 Å². The SMILES string of the molecule is CC.Cc1cc2ccccc2c(=O)[nH]1. The van der Waals surface area contributed by atoms with E-state index in [-0.39, 0.29) is 5.56 Å². The second-order valence-electron chi connectivity index (χ2n) is 2.87. The molecule has 0 atom stereocenters. The molecule has 0 amide bonds. The molecule has 0 saturated heterocycles. The van der Waals surface area contributed by atoms with Crippen molar-refractivity contribution in [3.05, 3.63) is 46.4 Å². The van der Waals surface area contributed by atoms with Gasteiger partial charge in [0, 0.05) is 11.1 Å². The van der Waals surface area contributed by atoms with Crippen LogP contribution in [-0.4, -0.2) is 4.98 Å². The first-order chi connectivity index (χ1) is 6.77. The van der Waals surface area contributed by atoms with E-state index >= 15 is 0 Å². The number of fused-ring (bicyclic) bond motifs is 1. The van der Waals surface area contributed by atoms with Crippen LogP contribution in [0, 0.1) is 6.92 Å². The van der Waals surface area contributed by atoms with Crippen LogP contribution in [0.5, 0.6) is 0 Å². The molecule has 74 valence electrons. The van der Waals surface area contributed by atoms with E-state index in [1.165, 1.54) is 0 Å². The molecular formula is C12H15NO. The Morgan fingerprint density at radius 3 is 2.50 bits per heavy atom. The number of aromatic amines is 1. The molecular weight excluding hydrogens is 174 g/mol. The minimum Gasteiger partial charge on any atom is -0.326 e. The molecule has 1 N–H and O–H groups in total. The zero-order valence-electron chi connectivity index (χ0n) is 8.79. The van der Waals surface area contributed by atoms with Gasteiger partial charge in [0.05, 0.1) is 0 Å². The van der Waals surface area contributed by atoms with Gasteiger partial charge < -0.3 is 4.98 Å². The Hall–Kier alpha value is -1.57.